The lowest BCUT2D eigenvalue weighted by Gasteiger charge is -2.06. The zero-order valence-corrected chi connectivity index (χ0v) is 12.5. The number of H-pyrrole nitrogens is 1. The topological polar surface area (TPSA) is 104 Å². The van der Waals surface area contributed by atoms with Crippen molar-refractivity contribution in [1.82, 2.24) is 20.0 Å². The van der Waals surface area contributed by atoms with E-state index in [0.717, 1.165) is 5.56 Å². The molecule has 1 aromatic carbocycles. The van der Waals surface area contributed by atoms with E-state index < -0.39 is 10.0 Å². The fourth-order valence-electron chi connectivity index (χ4n) is 1.71. The number of imidazole rings is 1. The number of amides is 1. The molecule has 0 fully saturated rings. The number of hydrogen-bond acceptors (Lipinski definition) is 4. The number of aryl methyl sites for hydroxylation is 1. The molecule has 2 rings (SSSR count). The predicted molar refractivity (Wildman–Crippen MR) is 77.2 cm³/mol. The summed E-state index contributed by atoms with van der Waals surface area (Å²) in [7, 11) is -2.06. The first kappa shape index (κ1) is 15.2. The van der Waals surface area contributed by atoms with Crippen LogP contribution in [0.2, 0.25) is 0 Å². The molecule has 0 aliphatic heterocycles. The lowest BCUT2D eigenvalue weighted by molar-refractivity contribution is 0.0963. The number of carbonyl (C=O) groups is 1. The Morgan fingerprint density at radius 3 is 2.48 bits per heavy atom. The van der Waals surface area contributed by atoms with Crippen LogP contribution in [-0.2, 0) is 16.6 Å². The van der Waals surface area contributed by atoms with Crippen LogP contribution in [0, 0.1) is 6.92 Å². The minimum Gasteiger partial charge on any atom is -0.355 e. The standard InChI is InChI=1S/C13H16N4O3S/c1-9-15-8-12(17-9)21(19,20)16-7-10-3-5-11(6-4-10)13(18)14-2/h3-6,8,16H,7H2,1-2H3,(H,14,18)(H,15,17). The van der Waals surface area contributed by atoms with Gasteiger partial charge in [0.25, 0.3) is 15.9 Å². The lowest BCUT2D eigenvalue weighted by Crippen LogP contribution is -2.23. The number of aromatic nitrogens is 2. The van der Waals surface area contributed by atoms with Gasteiger partial charge in [0, 0.05) is 19.2 Å². The largest absolute Gasteiger partial charge is 0.355 e. The molecule has 112 valence electrons. The van der Waals surface area contributed by atoms with Gasteiger partial charge >= 0.3 is 0 Å². The molecule has 7 nitrogen and oxygen atoms in total. The fourth-order valence-corrected chi connectivity index (χ4v) is 2.70. The minimum atomic E-state index is -3.62. The summed E-state index contributed by atoms with van der Waals surface area (Å²) in [6.45, 7) is 1.81. The van der Waals surface area contributed by atoms with Gasteiger partial charge in [-0.05, 0) is 24.6 Å². The van der Waals surface area contributed by atoms with E-state index in [2.05, 4.69) is 20.0 Å². The van der Waals surface area contributed by atoms with E-state index in [1.165, 1.54) is 6.20 Å². The molecule has 0 aliphatic carbocycles. The van der Waals surface area contributed by atoms with Crippen LogP contribution in [-0.4, -0.2) is 31.3 Å². The van der Waals surface area contributed by atoms with Gasteiger partial charge in [0.2, 0.25) is 0 Å². The van der Waals surface area contributed by atoms with Crippen LogP contribution in [0.25, 0.3) is 0 Å². The summed E-state index contributed by atoms with van der Waals surface area (Å²) >= 11 is 0. The van der Waals surface area contributed by atoms with Crippen molar-refractivity contribution in [2.75, 3.05) is 7.05 Å². The maximum Gasteiger partial charge on any atom is 0.257 e. The summed E-state index contributed by atoms with van der Waals surface area (Å²) in [5.41, 5.74) is 1.27. The highest BCUT2D eigenvalue weighted by molar-refractivity contribution is 7.89. The van der Waals surface area contributed by atoms with Crippen molar-refractivity contribution in [2.24, 2.45) is 0 Å². The Labute approximate surface area is 122 Å². The van der Waals surface area contributed by atoms with Crippen LogP contribution >= 0.6 is 0 Å². The Morgan fingerprint density at radius 1 is 1.29 bits per heavy atom. The fraction of sp³-hybridized carbons (Fsp3) is 0.231. The van der Waals surface area contributed by atoms with E-state index in [1.54, 1.807) is 38.2 Å². The zero-order chi connectivity index (χ0) is 15.5. The zero-order valence-electron chi connectivity index (χ0n) is 11.7. The van der Waals surface area contributed by atoms with Crippen LogP contribution in [0.5, 0.6) is 0 Å². The van der Waals surface area contributed by atoms with E-state index >= 15 is 0 Å². The minimum absolute atomic E-state index is 0.0296. The van der Waals surface area contributed by atoms with Crippen LogP contribution in [0.4, 0.5) is 0 Å². The highest BCUT2D eigenvalue weighted by atomic mass is 32.2. The molecule has 3 N–H and O–H groups in total. The summed E-state index contributed by atoms with van der Waals surface area (Å²) in [6, 6.07) is 6.68. The van der Waals surface area contributed by atoms with Crippen LogP contribution in [0.1, 0.15) is 21.7 Å². The summed E-state index contributed by atoms with van der Waals surface area (Å²) < 4.78 is 26.5. The van der Waals surface area contributed by atoms with Gasteiger partial charge in [-0.1, -0.05) is 12.1 Å². The van der Waals surface area contributed by atoms with Crippen molar-refractivity contribution in [3.8, 4) is 0 Å². The lowest BCUT2D eigenvalue weighted by atomic mass is 10.1. The second-order valence-corrected chi connectivity index (χ2v) is 6.17. The first-order chi connectivity index (χ1) is 9.92. The summed E-state index contributed by atoms with van der Waals surface area (Å²) in [5.74, 6) is 0.348. The molecule has 0 aliphatic rings. The molecule has 0 spiro atoms. The average molecular weight is 308 g/mol. The Hall–Kier alpha value is -2.19. The molecule has 0 unspecified atom stereocenters. The van der Waals surface area contributed by atoms with Gasteiger partial charge in [0.1, 0.15) is 5.82 Å². The van der Waals surface area contributed by atoms with Gasteiger partial charge in [-0.15, -0.1) is 0 Å². The summed E-state index contributed by atoms with van der Waals surface area (Å²) in [4.78, 5) is 17.9. The molecule has 0 atom stereocenters. The monoisotopic (exact) mass is 308 g/mol. The Morgan fingerprint density at radius 2 is 1.95 bits per heavy atom. The molecule has 8 heteroatoms. The van der Waals surface area contributed by atoms with Gasteiger partial charge in [0.05, 0.1) is 6.20 Å². The van der Waals surface area contributed by atoms with E-state index in [0.29, 0.717) is 11.4 Å². The second-order valence-electron chi connectivity index (χ2n) is 4.43. The Bertz CT molecular complexity index is 735. The Balaban J connectivity index is 2.04. The van der Waals surface area contributed by atoms with Gasteiger partial charge in [-0.25, -0.2) is 18.1 Å². The molecule has 2 aromatic rings. The number of nitrogens with one attached hydrogen (secondary N) is 3. The maximum atomic E-state index is 12.0. The van der Waals surface area contributed by atoms with Gasteiger partial charge in [0.15, 0.2) is 5.03 Å². The van der Waals surface area contributed by atoms with Crippen molar-refractivity contribution in [2.45, 2.75) is 18.5 Å². The molecule has 0 saturated carbocycles. The van der Waals surface area contributed by atoms with Gasteiger partial charge in [-0.2, -0.15) is 0 Å². The van der Waals surface area contributed by atoms with E-state index in [-0.39, 0.29) is 17.5 Å². The number of rotatable bonds is 5. The van der Waals surface area contributed by atoms with Crippen molar-refractivity contribution in [1.29, 1.82) is 0 Å². The van der Waals surface area contributed by atoms with Crippen molar-refractivity contribution in [3.05, 3.63) is 47.4 Å². The molecule has 1 aromatic heterocycles. The van der Waals surface area contributed by atoms with Gasteiger partial charge < -0.3 is 10.3 Å². The average Bonchev–Trinajstić information content (AvgIpc) is 2.92. The number of nitrogens with zero attached hydrogens (tertiary/aromatic N) is 1. The van der Waals surface area contributed by atoms with E-state index in [9.17, 15) is 13.2 Å². The smallest absolute Gasteiger partial charge is 0.257 e. The SMILES string of the molecule is CNC(=O)c1ccc(CNS(=O)(=O)c2cnc(C)[nH]2)cc1. The third-order valence-corrected chi connectivity index (χ3v) is 4.19. The van der Waals surface area contributed by atoms with Crippen LogP contribution in [0.15, 0.2) is 35.5 Å². The summed E-state index contributed by atoms with van der Waals surface area (Å²) in [5, 5.41) is 2.55. The van der Waals surface area contributed by atoms with Crippen LogP contribution in [0.3, 0.4) is 0 Å². The number of benzene rings is 1. The number of sulfonamides is 1. The third-order valence-electron chi connectivity index (χ3n) is 2.88. The first-order valence-electron chi connectivity index (χ1n) is 6.24. The highest BCUT2D eigenvalue weighted by Crippen LogP contribution is 2.08. The van der Waals surface area contributed by atoms with E-state index in [1.807, 2.05) is 0 Å². The van der Waals surface area contributed by atoms with Gasteiger partial charge in [-0.3, -0.25) is 4.79 Å². The summed E-state index contributed by atoms with van der Waals surface area (Å²) in [6.07, 6.45) is 1.27. The van der Waals surface area contributed by atoms with E-state index in [4.69, 9.17) is 0 Å². The first-order valence-corrected chi connectivity index (χ1v) is 7.73. The number of hydrogen-bond donors (Lipinski definition) is 3. The molecule has 21 heavy (non-hydrogen) atoms. The maximum absolute atomic E-state index is 12.0. The molecule has 0 bridgehead atoms. The Kier molecular flexibility index (Phi) is 4.39. The van der Waals surface area contributed by atoms with Crippen molar-refractivity contribution >= 4 is 15.9 Å². The molecular weight excluding hydrogens is 292 g/mol. The third kappa shape index (κ3) is 3.67. The van der Waals surface area contributed by atoms with Crippen molar-refractivity contribution < 1.29 is 13.2 Å². The van der Waals surface area contributed by atoms with Crippen molar-refractivity contribution in [3.63, 3.8) is 0 Å². The predicted octanol–water partition coefficient (Wildman–Crippen LogP) is 0.556. The quantitative estimate of drug-likeness (QED) is 0.750. The molecular formula is C13H16N4O3S. The molecule has 0 radical (unpaired) electrons. The number of carbonyl (C=O) groups excluding carboxylic acids is 1. The second kappa shape index (κ2) is 6.06. The normalized spacial score (nSPS) is 11.3. The number of aromatic amines is 1. The highest BCUT2D eigenvalue weighted by Gasteiger charge is 2.16. The van der Waals surface area contributed by atoms with Crippen LogP contribution < -0.4 is 10.0 Å². The molecule has 0 saturated heterocycles. The molecule has 1 heterocycles. The molecule has 1 amide bonds.